The summed E-state index contributed by atoms with van der Waals surface area (Å²) in [5.41, 5.74) is 0.542. The van der Waals surface area contributed by atoms with Gasteiger partial charge >= 0.3 is 5.97 Å². The van der Waals surface area contributed by atoms with Crippen molar-refractivity contribution in [2.75, 3.05) is 6.54 Å². The quantitative estimate of drug-likeness (QED) is 0.658. The summed E-state index contributed by atoms with van der Waals surface area (Å²) in [6, 6.07) is 5.86. The van der Waals surface area contributed by atoms with Crippen LogP contribution in [0.15, 0.2) is 36.5 Å². The number of hydrogen-bond donors (Lipinski definition) is 3. The molecule has 0 bridgehead atoms. The molecule has 0 saturated heterocycles. The summed E-state index contributed by atoms with van der Waals surface area (Å²) in [5.74, 6) is -4.50. The van der Waals surface area contributed by atoms with Crippen molar-refractivity contribution in [2.45, 2.75) is 0 Å². The second kappa shape index (κ2) is 6.71. The van der Waals surface area contributed by atoms with Crippen LogP contribution in [0.3, 0.4) is 0 Å². The number of aliphatic carboxylic acids is 1. The molecule has 0 aliphatic rings. The lowest BCUT2D eigenvalue weighted by molar-refractivity contribution is -0.135. The van der Waals surface area contributed by atoms with E-state index in [1.165, 1.54) is 24.4 Å². The van der Waals surface area contributed by atoms with Crippen LogP contribution in [-0.2, 0) is 4.79 Å². The molecule has 2 aromatic carbocycles. The van der Waals surface area contributed by atoms with E-state index in [0.29, 0.717) is 0 Å². The van der Waals surface area contributed by atoms with Gasteiger partial charge in [0.15, 0.2) is 11.6 Å². The third-order valence-electron chi connectivity index (χ3n) is 3.53. The van der Waals surface area contributed by atoms with Crippen LogP contribution >= 0.6 is 0 Å². The maximum atomic E-state index is 13.4. The van der Waals surface area contributed by atoms with Gasteiger partial charge in [0.05, 0.1) is 17.4 Å². The highest BCUT2D eigenvalue weighted by atomic mass is 19.2. The molecular weight excluding hydrogens is 348 g/mol. The fourth-order valence-corrected chi connectivity index (χ4v) is 2.34. The van der Waals surface area contributed by atoms with E-state index in [1.54, 1.807) is 0 Å². The van der Waals surface area contributed by atoms with Gasteiger partial charge in [-0.25, -0.2) is 13.8 Å². The van der Waals surface area contributed by atoms with Crippen molar-refractivity contribution in [3.05, 3.63) is 53.7 Å². The van der Waals surface area contributed by atoms with Crippen molar-refractivity contribution in [3.63, 3.8) is 0 Å². The summed E-state index contributed by atoms with van der Waals surface area (Å²) < 4.78 is 26.5. The normalized spacial score (nSPS) is 10.7. The minimum Gasteiger partial charge on any atom is -0.507 e. The maximum absolute atomic E-state index is 13.4. The SMILES string of the molecule is O=C(O)CNC(=O)c1c(O)ccc2nc(-c3ccc(F)c(F)c3)cnc12. The number of fused-ring (bicyclic) bond motifs is 1. The molecular formula is C17H11F2N3O4. The molecule has 3 aromatic rings. The zero-order chi connectivity index (χ0) is 18.8. The zero-order valence-corrected chi connectivity index (χ0v) is 13.0. The van der Waals surface area contributed by atoms with Crippen molar-refractivity contribution < 1.29 is 28.6 Å². The van der Waals surface area contributed by atoms with Gasteiger partial charge in [-0.3, -0.25) is 14.6 Å². The molecule has 7 nitrogen and oxygen atoms in total. The van der Waals surface area contributed by atoms with Crippen LogP contribution in [-0.4, -0.2) is 38.6 Å². The number of nitrogens with zero attached hydrogens (tertiary/aromatic N) is 2. The summed E-state index contributed by atoms with van der Waals surface area (Å²) in [6.07, 6.45) is 1.24. The number of phenols is 1. The van der Waals surface area contributed by atoms with Gasteiger partial charge in [-0.05, 0) is 30.3 Å². The molecule has 0 unspecified atom stereocenters. The smallest absolute Gasteiger partial charge is 0.322 e. The number of carboxylic acids is 1. The number of carbonyl (C=O) groups excluding carboxylic acids is 1. The van der Waals surface area contributed by atoms with E-state index in [0.717, 1.165) is 12.1 Å². The second-order valence-corrected chi connectivity index (χ2v) is 5.29. The van der Waals surface area contributed by atoms with E-state index in [4.69, 9.17) is 5.11 Å². The monoisotopic (exact) mass is 359 g/mol. The van der Waals surface area contributed by atoms with Gasteiger partial charge in [0.25, 0.3) is 5.91 Å². The number of hydrogen-bond acceptors (Lipinski definition) is 5. The minimum absolute atomic E-state index is 0.0409. The van der Waals surface area contributed by atoms with Crippen molar-refractivity contribution in [2.24, 2.45) is 0 Å². The maximum Gasteiger partial charge on any atom is 0.322 e. The number of aromatic hydroxyl groups is 1. The van der Waals surface area contributed by atoms with Gasteiger partial charge in [0.2, 0.25) is 0 Å². The van der Waals surface area contributed by atoms with Crippen molar-refractivity contribution in [1.29, 1.82) is 0 Å². The third kappa shape index (κ3) is 3.27. The number of rotatable bonds is 4. The molecule has 0 atom stereocenters. The first kappa shape index (κ1) is 17.2. The van der Waals surface area contributed by atoms with Gasteiger partial charge in [0.1, 0.15) is 23.4 Å². The number of carboxylic acid groups (broad SMARTS) is 1. The van der Waals surface area contributed by atoms with Crippen LogP contribution in [0, 0.1) is 11.6 Å². The number of phenolic OH excluding ortho intramolecular Hbond substituents is 1. The van der Waals surface area contributed by atoms with Gasteiger partial charge in [-0.1, -0.05) is 0 Å². The average molecular weight is 359 g/mol. The summed E-state index contributed by atoms with van der Waals surface area (Å²) in [6.45, 7) is -0.630. The van der Waals surface area contributed by atoms with Crippen LogP contribution in [0.25, 0.3) is 22.3 Å². The molecule has 0 radical (unpaired) electrons. The zero-order valence-electron chi connectivity index (χ0n) is 13.0. The number of halogens is 2. The molecule has 26 heavy (non-hydrogen) atoms. The summed E-state index contributed by atoms with van der Waals surface area (Å²) in [4.78, 5) is 31.0. The number of amides is 1. The summed E-state index contributed by atoms with van der Waals surface area (Å²) in [7, 11) is 0. The highest BCUT2D eigenvalue weighted by Crippen LogP contribution is 2.27. The molecule has 0 aliphatic carbocycles. The molecule has 1 aromatic heterocycles. The van der Waals surface area contributed by atoms with Gasteiger partial charge in [-0.2, -0.15) is 0 Å². The number of benzene rings is 2. The molecule has 3 rings (SSSR count). The fourth-order valence-electron chi connectivity index (χ4n) is 2.34. The Morgan fingerprint density at radius 2 is 1.88 bits per heavy atom. The van der Waals surface area contributed by atoms with E-state index < -0.39 is 35.8 Å². The molecule has 0 saturated carbocycles. The van der Waals surface area contributed by atoms with Crippen molar-refractivity contribution in [1.82, 2.24) is 15.3 Å². The third-order valence-corrected chi connectivity index (χ3v) is 3.53. The standard InChI is InChI=1S/C17H11F2N3O4/c18-9-2-1-8(5-10(9)19)12-6-20-16-11(22-12)3-4-13(23)15(16)17(26)21-7-14(24)25/h1-6,23H,7H2,(H,21,26)(H,24,25). The van der Waals surface area contributed by atoms with Crippen molar-refractivity contribution >= 4 is 22.9 Å². The highest BCUT2D eigenvalue weighted by Gasteiger charge is 2.18. The first-order valence-electron chi connectivity index (χ1n) is 7.31. The Morgan fingerprint density at radius 1 is 1.12 bits per heavy atom. The molecule has 0 fully saturated rings. The molecule has 1 heterocycles. The van der Waals surface area contributed by atoms with E-state index in [2.05, 4.69) is 15.3 Å². The van der Waals surface area contributed by atoms with Crippen LogP contribution in [0.4, 0.5) is 8.78 Å². The summed E-state index contributed by atoms with van der Waals surface area (Å²) >= 11 is 0. The molecule has 0 spiro atoms. The Hall–Kier alpha value is -3.62. The van der Waals surface area contributed by atoms with E-state index in [1.807, 2.05) is 0 Å². The van der Waals surface area contributed by atoms with E-state index >= 15 is 0 Å². The Kier molecular flexibility index (Phi) is 4.44. The Balaban J connectivity index is 2.06. The van der Waals surface area contributed by atoms with Crippen LogP contribution in [0.2, 0.25) is 0 Å². The lowest BCUT2D eigenvalue weighted by Crippen LogP contribution is -2.29. The fraction of sp³-hybridized carbons (Fsp3) is 0.0588. The largest absolute Gasteiger partial charge is 0.507 e. The first-order chi connectivity index (χ1) is 12.4. The lowest BCUT2D eigenvalue weighted by Gasteiger charge is -2.09. The second-order valence-electron chi connectivity index (χ2n) is 5.29. The number of aromatic nitrogens is 2. The van der Waals surface area contributed by atoms with E-state index in [-0.39, 0.29) is 27.9 Å². The van der Waals surface area contributed by atoms with Gasteiger partial charge < -0.3 is 15.5 Å². The van der Waals surface area contributed by atoms with Crippen LogP contribution in [0.1, 0.15) is 10.4 Å². The minimum atomic E-state index is -1.25. The van der Waals surface area contributed by atoms with Gasteiger partial charge in [-0.15, -0.1) is 0 Å². The molecule has 132 valence electrons. The number of nitrogens with one attached hydrogen (secondary N) is 1. The first-order valence-corrected chi connectivity index (χ1v) is 7.31. The topological polar surface area (TPSA) is 112 Å². The molecule has 9 heteroatoms. The van der Waals surface area contributed by atoms with E-state index in [9.17, 15) is 23.5 Å². The van der Waals surface area contributed by atoms with Gasteiger partial charge in [0, 0.05) is 5.56 Å². The average Bonchev–Trinajstić information content (AvgIpc) is 2.61. The molecule has 3 N–H and O–H groups in total. The Labute approximate surface area is 144 Å². The lowest BCUT2D eigenvalue weighted by atomic mass is 10.1. The predicted octanol–water partition coefficient (Wildman–Crippen LogP) is 2.09. The number of carbonyl (C=O) groups is 2. The Bertz CT molecular complexity index is 1040. The van der Waals surface area contributed by atoms with Crippen LogP contribution in [0.5, 0.6) is 5.75 Å². The van der Waals surface area contributed by atoms with Crippen molar-refractivity contribution in [3.8, 4) is 17.0 Å². The highest BCUT2D eigenvalue weighted by molar-refractivity contribution is 6.08. The Morgan fingerprint density at radius 3 is 2.58 bits per heavy atom. The molecule has 0 aliphatic heterocycles. The summed E-state index contributed by atoms with van der Waals surface area (Å²) in [5, 5.41) is 20.7. The molecule has 1 amide bonds. The van der Waals surface area contributed by atoms with Crippen LogP contribution < -0.4 is 5.32 Å². The predicted molar refractivity (Wildman–Crippen MR) is 86.5 cm³/mol.